The molecule has 22 heavy (non-hydrogen) atoms. The number of benzene rings is 1. The maximum absolute atomic E-state index is 12.1. The lowest BCUT2D eigenvalue weighted by atomic mass is 9.88. The fourth-order valence-electron chi connectivity index (χ4n) is 2.98. The third kappa shape index (κ3) is 5.11. The summed E-state index contributed by atoms with van der Waals surface area (Å²) in [5.41, 5.74) is 1.67. The number of carbonyl (C=O) groups excluding carboxylic acids is 1. The predicted molar refractivity (Wildman–Crippen MR) is 86.9 cm³/mol. The Morgan fingerprint density at radius 3 is 2.91 bits per heavy atom. The lowest BCUT2D eigenvalue weighted by molar-refractivity contribution is -0.00293. The van der Waals surface area contributed by atoms with Gasteiger partial charge >= 0.3 is 0 Å². The predicted octanol–water partition coefficient (Wildman–Crippen LogP) is 3.16. The van der Waals surface area contributed by atoms with E-state index in [4.69, 9.17) is 9.47 Å². The van der Waals surface area contributed by atoms with Gasteiger partial charge in [0, 0.05) is 19.2 Å². The van der Waals surface area contributed by atoms with E-state index in [9.17, 15) is 4.79 Å². The van der Waals surface area contributed by atoms with Crippen molar-refractivity contribution >= 4 is 5.91 Å². The molecule has 2 rings (SSSR count). The number of hydrogen-bond donors (Lipinski definition) is 1. The van der Waals surface area contributed by atoms with Crippen molar-refractivity contribution in [3.63, 3.8) is 0 Å². The van der Waals surface area contributed by atoms with Crippen LogP contribution < -0.4 is 5.32 Å². The molecule has 122 valence electrons. The molecule has 2 unspecified atom stereocenters. The number of methoxy groups -OCH3 is 1. The van der Waals surface area contributed by atoms with E-state index >= 15 is 0 Å². The molecule has 1 aliphatic rings. The monoisotopic (exact) mass is 305 g/mol. The van der Waals surface area contributed by atoms with Crippen molar-refractivity contribution in [1.82, 2.24) is 5.32 Å². The zero-order valence-electron chi connectivity index (χ0n) is 13.6. The summed E-state index contributed by atoms with van der Waals surface area (Å²) < 4.78 is 11.0. The van der Waals surface area contributed by atoms with Crippen LogP contribution in [0.15, 0.2) is 24.3 Å². The Hall–Kier alpha value is -1.39. The molecule has 0 saturated heterocycles. The van der Waals surface area contributed by atoms with E-state index in [1.807, 2.05) is 24.3 Å². The molecule has 1 saturated carbocycles. The normalized spacial score (nSPS) is 21.5. The van der Waals surface area contributed by atoms with Crippen LogP contribution in [-0.4, -0.2) is 32.3 Å². The Morgan fingerprint density at radius 2 is 2.14 bits per heavy atom. The van der Waals surface area contributed by atoms with Crippen molar-refractivity contribution < 1.29 is 14.3 Å². The molecule has 0 radical (unpaired) electrons. The Bertz CT molecular complexity index is 475. The zero-order valence-corrected chi connectivity index (χ0v) is 13.6. The second-order valence-electron chi connectivity index (χ2n) is 6.06. The second kappa shape index (κ2) is 8.91. The topological polar surface area (TPSA) is 47.6 Å². The van der Waals surface area contributed by atoms with E-state index in [1.165, 1.54) is 19.3 Å². The molecule has 0 heterocycles. The van der Waals surface area contributed by atoms with Gasteiger partial charge < -0.3 is 14.8 Å². The standard InChI is InChI=1S/C18H27NO3/c1-14-6-3-4-9-17(14)22-11-10-19-18(20)16-8-5-7-15(12-16)13-21-2/h5,7-8,12,14,17H,3-4,6,9-11,13H2,1-2H3,(H,19,20). The number of ether oxygens (including phenoxy) is 2. The molecule has 1 N–H and O–H groups in total. The number of hydrogen-bond acceptors (Lipinski definition) is 3. The SMILES string of the molecule is COCc1cccc(C(=O)NCCOC2CCCCC2C)c1. The third-order valence-electron chi connectivity index (χ3n) is 4.25. The molecule has 0 aromatic heterocycles. The molecule has 1 aliphatic carbocycles. The van der Waals surface area contributed by atoms with Gasteiger partial charge in [-0.15, -0.1) is 0 Å². The average molecular weight is 305 g/mol. The first kappa shape index (κ1) is 17.0. The van der Waals surface area contributed by atoms with Gasteiger partial charge in [0.05, 0.1) is 19.3 Å². The highest BCUT2D eigenvalue weighted by atomic mass is 16.5. The molecular weight excluding hydrogens is 278 g/mol. The molecule has 1 fully saturated rings. The molecule has 0 bridgehead atoms. The lowest BCUT2D eigenvalue weighted by Gasteiger charge is -2.28. The van der Waals surface area contributed by atoms with E-state index in [0.717, 1.165) is 12.0 Å². The van der Waals surface area contributed by atoms with Crippen LogP contribution in [0.25, 0.3) is 0 Å². The molecule has 1 amide bonds. The average Bonchev–Trinajstić information content (AvgIpc) is 2.53. The van der Waals surface area contributed by atoms with Crippen LogP contribution in [0.1, 0.15) is 48.5 Å². The second-order valence-corrected chi connectivity index (χ2v) is 6.06. The van der Waals surface area contributed by atoms with Crippen molar-refractivity contribution in [3.8, 4) is 0 Å². The fourth-order valence-corrected chi connectivity index (χ4v) is 2.98. The molecule has 2 atom stereocenters. The summed E-state index contributed by atoms with van der Waals surface area (Å²) in [6.45, 7) is 3.91. The molecule has 0 spiro atoms. The van der Waals surface area contributed by atoms with Crippen LogP contribution in [0.4, 0.5) is 0 Å². The van der Waals surface area contributed by atoms with Gasteiger partial charge in [-0.2, -0.15) is 0 Å². The van der Waals surface area contributed by atoms with Crippen molar-refractivity contribution in [2.24, 2.45) is 5.92 Å². The van der Waals surface area contributed by atoms with Crippen molar-refractivity contribution in [2.75, 3.05) is 20.3 Å². The van der Waals surface area contributed by atoms with E-state index < -0.39 is 0 Å². The van der Waals surface area contributed by atoms with Crippen LogP contribution in [0.2, 0.25) is 0 Å². The lowest BCUT2D eigenvalue weighted by Crippen LogP contribution is -2.31. The smallest absolute Gasteiger partial charge is 0.251 e. The van der Waals surface area contributed by atoms with Gasteiger partial charge in [0.2, 0.25) is 0 Å². The van der Waals surface area contributed by atoms with Gasteiger partial charge in [0.25, 0.3) is 5.91 Å². The van der Waals surface area contributed by atoms with Gasteiger partial charge in [-0.1, -0.05) is 31.9 Å². The third-order valence-corrected chi connectivity index (χ3v) is 4.25. The van der Waals surface area contributed by atoms with Crippen LogP contribution in [0.5, 0.6) is 0 Å². The van der Waals surface area contributed by atoms with E-state index in [0.29, 0.717) is 37.3 Å². The summed E-state index contributed by atoms with van der Waals surface area (Å²) in [5, 5.41) is 2.92. The molecular formula is C18H27NO3. The van der Waals surface area contributed by atoms with Crippen molar-refractivity contribution in [3.05, 3.63) is 35.4 Å². The van der Waals surface area contributed by atoms with E-state index in [-0.39, 0.29) is 5.91 Å². The summed E-state index contributed by atoms with van der Waals surface area (Å²) in [4.78, 5) is 12.1. The first-order valence-electron chi connectivity index (χ1n) is 8.18. The number of amides is 1. The minimum atomic E-state index is -0.0572. The summed E-state index contributed by atoms with van der Waals surface area (Å²) in [7, 11) is 1.65. The van der Waals surface area contributed by atoms with Crippen LogP contribution in [0.3, 0.4) is 0 Å². The van der Waals surface area contributed by atoms with Crippen LogP contribution >= 0.6 is 0 Å². The highest BCUT2D eigenvalue weighted by Gasteiger charge is 2.21. The quantitative estimate of drug-likeness (QED) is 0.787. The van der Waals surface area contributed by atoms with Gasteiger partial charge in [-0.3, -0.25) is 4.79 Å². The number of rotatable bonds is 7. The summed E-state index contributed by atoms with van der Waals surface area (Å²) in [6, 6.07) is 7.51. The van der Waals surface area contributed by atoms with Gasteiger partial charge in [-0.25, -0.2) is 0 Å². The number of nitrogens with one attached hydrogen (secondary N) is 1. The molecule has 1 aromatic carbocycles. The Kier molecular flexibility index (Phi) is 6.87. The summed E-state index contributed by atoms with van der Waals surface area (Å²) in [6.07, 6.45) is 5.33. The Balaban J connectivity index is 1.72. The maximum Gasteiger partial charge on any atom is 0.251 e. The molecule has 1 aromatic rings. The van der Waals surface area contributed by atoms with Gasteiger partial charge in [0.15, 0.2) is 0 Å². The summed E-state index contributed by atoms with van der Waals surface area (Å²) >= 11 is 0. The van der Waals surface area contributed by atoms with E-state index in [1.54, 1.807) is 7.11 Å². The molecule has 4 heteroatoms. The zero-order chi connectivity index (χ0) is 15.8. The minimum absolute atomic E-state index is 0.0572. The molecule has 0 aliphatic heterocycles. The van der Waals surface area contributed by atoms with Gasteiger partial charge in [-0.05, 0) is 36.5 Å². The Labute approximate surface area is 133 Å². The maximum atomic E-state index is 12.1. The molecule has 4 nitrogen and oxygen atoms in total. The van der Waals surface area contributed by atoms with Crippen LogP contribution in [0, 0.1) is 5.92 Å². The highest BCUT2D eigenvalue weighted by Crippen LogP contribution is 2.25. The first-order valence-corrected chi connectivity index (χ1v) is 8.18. The Morgan fingerprint density at radius 1 is 1.32 bits per heavy atom. The fraction of sp³-hybridized carbons (Fsp3) is 0.611. The van der Waals surface area contributed by atoms with Crippen LogP contribution in [-0.2, 0) is 16.1 Å². The van der Waals surface area contributed by atoms with Gasteiger partial charge in [0.1, 0.15) is 0 Å². The minimum Gasteiger partial charge on any atom is -0.380 e. The largest absolute Gasteiger partial charge is 0.380 e. The summed E-state index contributed by atoms with van der Waals surface area (Å²) in [5.74, 6) is 0.577. The van der Waals surface area contributed by atoms with Crippen molar-refractivity contribution in [1.29, 1.82) is 0 Å². The first-order chi connectivity index (χ1) is 10.7. The number of carbonyl (C=O) groups is 1. The van der Waals surface area contributed by atoms with E-state index in [2.05, 4.69) is 12.2 Å². The highest BCUT2D eigenvalue weighted by molar-refractivity contribution is 5.94. The van der Waals surface area contributed by atoms with Crippen molar-refractivity contribution in [2.45, 2.75) is 45.3 Å².